The van der Waals surface area contributed by atoms with Crippen LogP contribution in [0.5, 0.6) is 23.0 Å². The van der Waals surface area contributed by atoms with E-state index in [1.165, 1.54) is 14.2 Å². The Hall–Kier alpha value is -4.20. The third-order valence-electron chi connectivity index (χ3n) is 6.48. The van der Waals surface area contributed by atoms with Crippen LogP contribution in [-0.2, 0) is 13.1 Å². The number of aromatic nitrogens is 2. The number of carbonyl (C=O) groups excluding carboxylic acids is 1. The van der Waals surface area contributed by atoms with Crippen LogP contribution in [0, 0.1) is 0 Å². The monoisotopic (exact) mass is 458 g/mol. The number of carbonyl (C=O) groups is 1. The van der Waals surface area contributed by atoms with Crippen molar-refractivity contribution in [2.24, 2.45) is 0 Å². The zero-order valence-corrected chi connectivity index (χ0v) is 18.8. The van der Waals surface area contributed by atoms with Gasteiger partial charge in [0.25, 0.3) is 5.56 Å². The molecule has 0 saturated carbocycles. The number of ketones is 1. The quantitative estimate of drug-likeness (QED) is 0.385. The highest BCUT2D eigenvalue weighted by atomic mass is 16.7. The van der Waals surface area contributed by atoms with Gasteiger partial charge in [-0.1, -0.05) is 0 Å². The van der Waals surface area contributed by atoms with Gasteiger partial charge in [0.1, 0.15) is 0 Å². The Morgan fingerprint density at radius 1 is 0.853 bits per heavy atom. The summed E-state index contributed by atoms with van der Waals surface area (Å²) in [4.78, 5) is 27.5. The average molecular weight is 458 g/mol. The van der Waals surface area contributed by atoms with E-state index >= 15 is 0 Å². The highest BCUT2D eigenvalue weighted by Crippen LogP contribution is 2.46. The van der Waals surface area contributed by atoms with E-state index in [9.17, 15) is 9.59 Å². The first-order valence-electron chi connectivity index (χ1n) is 11.0. The van der Waals surface area contributed by atoms with E-state index in [-0.39, 0.29) is 18.1 Å². The van der Waals surface area contributed by atoms with Gasteiger partial charge < -0.3 is 28.1 Å². The normalized spacial score (nSPS) is 13.3. The number of methoxy groups -OCH3 is 2. The van der Waals surface area contributed by atoms with Crippen molar-refractivity contribution in [2.75, 3.05) is 21.0 Å². The number of hydrogen-bond donors (Lipinski definition) is 0. The fraction of sp³-hybridized carbons (Fsp3) is 0.231. The molecule has 0 N–H and O–H groups in total. The molecule has 0 unspecified atom stereocenters. The second kappa shape index (κ2) is 7.69. The summed E-state index contributed by atoms with van der Waals surface area (Å²) in [5.74, 6) is 1.84. The van der Waals surface area contributed by atoms with Gasteiger partial charge in [0, 0.05) is 42.0 Å². The lowest BCUT2D eigenvalue weighted by molar-refractivity contribution is 0.104. The van der Waals surface area contributed by atoms with Crippen LogP contribution in [0.1, 0.15) is 22.3 Å². The molecule has 2 aromatic heterocycles. The fourth-order valence-corrected chi connectivity index (χ4v) is 4.89. The molecule has 172 valence electrons. The van der Waals surface area contributed by atoms with Crippen molar-refractivity contribution in [1.29, 1.82) is 0 Å². The Morgan fingerprint density at radius 2 is 1.50 bits per heavy atom. The number of nitrogens with zero attached hydrogens (tertiary/aromatic N) is 2. The first-order chi connectivity index (χ1) is 16.6. The van der Waals surface area contributed by atoms with Gasteiger partial charge in [0.05, 0.1) is 30.9 Å². The van der Waals surface area contributed by atoms with Crippen molar-refractivity contribution in [3.8, 4) is 34.3 Å². The van der Waals surface area contributed by atoms with Gasteiger partial charge in [-0.25, -0.2) is 0 Å². The minimum Gasteiger partial charge on any atom is -0.493 e. The van der Waals surface area contributed by atoms with Crippen LogP contribution in [0.15, 0.2) is 53.6 Å². The number of pyridine rings is 1. The summed E-state index contributed by atoms with van der Waals surface area (Å²) in [6, 6.07) is 10.8. The molecule has 0 fully saturated rings. The Bertz CT molecular complexity index is 1520. The van der Waals surface area contributed by atoms with Crippen LogP contribution < -0.4 is 24.5 Å². The second-order valence-electron chi connectivity index (χ2n) is 8.29. The van der Waals surface area contributed by atoms with Crippen LogP contribution in [0.2, 0.25) is 0 Å². The lowest BCUT2D eigenvalue weighted by Gasteiger charge is -2.17. The van der Waals surface area contributed by atoms with Gasteiger partial charge in [-0.3, -0.25) is 9.59 Å². The molecule has 0 amide bonds. The minimum atomic E-state index is -0.180. The average Bonchev–Trinajstić information content (AvgIpc) is 3.59. The summed E-state index contributed by atoms with van der Waals surface area (Å²) in [7, 11) is 3.05. The topological polar surface area (TPSA) is 80.9 Å². The zero-order valence-electron chi connectivity index (χ0n) is 18.8. The molecule has 0 bridgehead atoms. The minimum absolute atomic E-state index is 0.109. The van der Waals surface area contributed by atoms with Crippen molar-refractivity contribution in [3.05, 3.63) is 70.3 Å². The summed E-state index contributed by atoms with van der Waals surface area (Å²) < 4.78 is 25.8. The predicted molar refractivity (Wildman–Crippen MR) is 125 cm³/mol. The molecule has 0 spiro atoms. The van der Waals surface area contributed by atoms with Crippen molar-refractivity contribution < 1.29 is 23.7 Å². The van der Waals surface area contributed by atoms with E-state index in [2.05, 4.69) is 4.57 Å². The van der Waals surface area contributed by atoms with Gasteiger partial charge in [0.2, 0.25) is 6.79 Å². The van der Waals surface area contributed by atoms with Crippen LogP contribution in [-0.4, -0.2) is 35.9 Å². The van der Waals surface area contributed by atoms with Crippen LogP contribution in [0.3, 0.4) is 0 Å². The van der Waals surface area contributed by atoms with Crippen LogP contribution in [0.25, 0.3) is 22.0 Å². The molecule has 0 saturated heterocycles. The molecular formula is C26H22N2O6. The van der Waals surface area contributed by atoms with Crippen molar-refractivity contribution in [1.82, 2.24) is 9.13 Å². The number of rotatable bonds is 6. The molecule has 34 heavy (non-hydrogen) atoms. The van der Waals surface area contributed by atoms with Crippen molar-refractivity contribution in [2.45, 2.75) is 19.5 Å². The summed E-state index contributed by atoms with van der Waals surface area (Å²) in [6.07, 6.45) is 4.70. The van der Waals surface area contributed by atoms with E-state index in [0.29, 0.717) is 69.1 Å². The standard InChI is InChI=1S/C26H22N2O6/c1-31-19-10-15-18(13-20(19)32-2)26(30)28(9-5-8-27-6-3-4-7-27)24-16-11-21-22(34-14-33-21)12-17(16)25(29)23(15)24/h3-4,6-7,10-13H,5,8-9,14H2,1-2H3. The van der Waals surface area contributed by atoms with Gasteiger partial charge in [-0.2, -0.15) is 0 Å². The number of ether oxygens (including phenoxy) is 4. The molecule has 6 rings (SSSR count). The first kappa shape index (κ1) is 20.4. The van der Waals surface area contributed by atoms with Gasteiger partial charge >= 0.3 is 0 Å². The van der Waals surface area contributed by atoms with E-state index in [0.717, 1.165) is 6.54 Å². The number of fused-ring (bicyclic) bond motifs is 6. The Balaban J connectivity index is 1.59. The third-order valence-corrected chi connectivity index (χ3v) is 6.48. The van der Waals surface area contributed by atoms with E-state index in [1.807, 2.05) is 24.5 Å². The molecule has 1 aliphatic heterocycles. The van der Waals surface area contributed by atoms with Crippen molar-refractivity contribution >= 4 is 16.6 Å². The van der Waals surface area contributed by atoms with Gasteiger partial charge in [0.15, 0.2) is 28.8 Å². The third kappa shape index (κ3) is 2.91. The van der Waals surface area contributed by atoms with Gasteiger partial charge in [-0.15, -0.1) is 0 Å². The molecular weight excluding hydrogens is 436 g/mol. The summed E-state index contributed by atoms with van der Waals surface area (Å²) in [5.41, 5.74) is 2.09. The molecule has 0 radical (unpaired) electrons. The van der Waals surface area contributed by atoms with Crippen molar-refractivity contribution in [3.63, 3.8) is 0 Å². The SMILES string of the molecule is COc1cc2c3c(n(CCCn4cccc4)c(=O)c2cc1OC)-c1cc2c(cc1C3=O)OCO2. The Morgan fingerprint density at radius 3 is 2.18 bits per heavy atom. The van der Waals surface area contributed by atoms with E-state index < -0.39 is 0 Å². The Kier molecular flexibility index (Phi) is 4.62. The fourth-order valence-electron chi connectivity index (χ4n) is 4.89. The highest BCUT2D eigenvalue weighted by molar-refractivity contribution is 6.27. The largest absolute Gasteiger partial charge is 0.493 e. The molecule has 1 aliphatic carbocycles. The molecule has 8 nitrogen and oxygen atoms in total. The molecule has 2 aliphatic rings. The lowest BCUT2D eigenvalue weighted by Crippen LogP contribution is -2.24. The predicted octanol–water partition coefficient (Wildman–Crippen LogP) is 3.85. The smallest absolute Gasteiger partial charge is 0.259 e. The molecule has 8 heteroatoms. The number of benzene rings is 2. The number of aryl methyl sites for hydroxylation is 1. The first-order valence-corrected chi connectivity index (χ1v) is 11.0. The molecule has 4 aromatic rings. The highest BCUT2D eigenvalue weighted by Gasteiger charge is 2.35. The number of hydrogen-bond acceptors (Lipinski definition) is 6. The molecule has 2 aromatic carbocycles. The van der Waals surface area contributed by atoms with E-state index in [1.54, 1.807) is 28.8 Å². The maximum Gasteiger partial charge on any atom is 0.259 e. The van der Waals surface area contributed by atoms with E-state index in [4.69, 9.17) is 18.9 Å². The summed E-state index contributed by atoms with van der Waals surface area (Å²) in [5, 5.41) is 0.959. The van der Waals surface area contributed by atoms with Crippen LogP contribution >= 0.6 is 0 Å². The second-order valence-corrected chi connectivity index (χ2v) is 8.29. The molecule has 0 atom stereocenters. The maximum atomic E-state index is 13.8. The lowest BCUT2D eigenvalue weighted by atomic mass is 10.0. The van der Waals surface area contributed by atoms with Gasteiger partial charge in [-0.05, 0) is 42.8 Å². The molecule has 3 heterocycles. The van der Waals surface area contributed by atoms with Crippen LogP contribution in [0.4, 0.5) is 0 Å². The zero-order chi connectivity index (χ0) is 23.4. The Labute approximate surface area is 194 Å². The summed E-state index contributed by atoms with van der Waals surface area (Å²) >= 11 is 0. The summed E-state index contributed by atoms with van der Waals surface area (Å²) in [6.45, 7) is 1.31. The maximum absolute atomic E-state index is 13.8.